The number of rotatable bonds is 8. The number of unbranched alkanes of at least 4 members (excludes halogenated alkanes) is 1. The molecule has 1 fully saturated rings. The molecule has 0 saturated carbocycles. The first-order valence-electron chi connectivity index (χ1n) is 11.8. The molecule has 2 heterocycles. The first-order valence-corrected chi connectivity index (χ1v) is 14.0. The molecule has 36 heavy (non-hydrogen) atoms. The Kier molecular flexibility index (Phi) is 10.0. The Hall–Kier alpha value is -2.79. The lowest BCUT2D eigenvalue weighted by molar-refractivity contribution is -0.132. The quantitative estimate of drug-likeness (QED) is 0.439. The molecule has 1 saturated heterocycles. The minimum Gasteiger partial charge on any atom is -0.488 e. The minimum absolute atomic E-state index is 0.101. The third kappa shape index (κ3) is 8.70. The Morgan fingerprint density at radius 3 is 2.56 bits per heavy atom. The summed E-state index contributed by atoms with van der Waals surface area (Å²) in [4.78, 5) is 15.4. The number of hydrogen-bond donors (Lipinski definition) is 3. The molecule has 11 heteroatoms. The molecule has 196 valence electrons. The molecule has 2 aromatic carbocycles. The molecule has 0 amide bonds. The fourth-order valence-electron chi connectivity index (χ4n) is 3.96. The zero-order valence-corrected chi connectivity index (χ0v) is 21.9. The van der Waals surface area contributed by atoms with Crippen molar-refractivity contribution < 1.29 is 23.1 Å². The van der Waals surface area contributed by atoms with Crippen molar-refractivity contribution in [2.75, 3.05) is 61.8 Å². The van der Waals surface area contributed by atoms with Crippen LogP contribution in [0, 0.1) is 0 Å². The van der Waals surface area contributed by atoms with Gasteiger partial charge in [0.05, 0.1) is 17.5 Å². The van der Waals surface area contributed by atoms with E-state index in [9.17, 15) is 13.2 Å². The van der Waals surface area contributed by atoms with Gasteiger partial charge in [-0.25, -0.2) is 13.2 Å². The van der Waals surface area contributed by atoms with Gasteiger partial charge in [-0.05, 0) is 68.4 Å². The number of carbonyl (C=O) groups is 1. The summed E-state index contributed by atoms with van der Waals surface area (Å²) in [5.74, 6) is -0.296. The van der Waals surface area contributed by atoms with Crippen molar-refractivity contribution in [2.45, 2.75) is 12.8 Å². The van der Waals surface area contributed by atoms with Gasteiger partial charge in [-0.1, -0.05) is 17.7 Å². The molecule has 0 radical (unpaired) electrons. The topological polar surface area (TPSA) is 125 Å². The van der Waals surface area contributed by atoms with Crippen molar-refractivity contribution in [3.63, 3.8) is 0 Å². The normalized spacial score (nSPS) is 15.6. The van der Waals surface area contributed by atoms with Crippen molar-refractivity contribution in [3.8, 4) is 5.75 Å². The summed E-state index contributed by atoms with van der Waals surface area (Å²) >= 11 is 5.77. The van der Waals surface area contributed by atoms with Crippen LogP contribution in [-0.2, 0) is 14.8 Å². The van der Waals surface area contributed by atoms with Crippen LogP contribution >= 0.6 is 11.6 Å². The third-order valence-electron chi connectivity index (χ3n) is 5.77. The third-order valence-corrected chi connectivity index (χ3v) is 6.62. The highest BCUT2D eigenvalue weighted by Gasteiger charge is 2.18. The Labute approximate surface area is 217 Å². The number of piperazine rings is 1. The van der Waals surface area contributed by atoms with Crippen LogP contribution in [0.2, 0.25) is 5.02 Å². The number of nitrogens with one attached hydrogen (secondary N) is 1. The molecule has 0 spiro atoms. The van der Waals surface area contributed by atoms with E-state index in [1.165, 1.54) is 6.26 Å². The standard InChI is InChI=1S/C15H26N4O2S.C10H7ClO3/c1-22(20,21)17-14-5-4-6-15(13-14)19-11-9-18(10-12-19)8-3-2-7-16;11-8-1-2-9-6(4-8)3-7(5-14-9)10(12)13/h4-6,13,17H,2-3,7-12,16H2,1H3;1-4H,5H2,(H,12,13). The maximum absolute atomic E-state index is 11.3. The molecule has 4 N–H and O–H groups in total. The zero-order chi connectivity index (χ0) is 26.1. The predicted molar refractivity (Wildman–Crippen MR) is 144 cm³/mol. The smallest absolute Gasteiger partial charge is 0.335 e. The van der Waals surface area contributed by atoms with Crippen molar-refractivity contribution in [2.24, 2.45) is 5.73 Å². The Bertz CT molecular complexity index is 1180. The number of nitrogens with zero attached hydrogens (tertiary/aromatic N) is 2. The Balaban J connectivity index is 0.000000221. The molecule has 0 bridgehead atoms. The molecule has 2 aliphatic heterocycles. The highest BCUT2D eigenvalue weighted by atomic mass is 35.5. The molecule has 0 aromatic heterocycles. The Morgan fingerprint density at radius 1 is 1.14 bits per heavy atom. The van der Waals surface area contributed by atoms with Crippen molar-refractivity contribution in [1.29, 1.82) is 0 Å². The van der Waals surface area contributed by atoms with Crippen LogP contribution in [0.3, 0.4) is 0 Å². The summed E-state index contributed by atoms with van der Waals surface area (Å²) < 4.78 is 30.4. The number of carboxylic acids is 1. The van der Waals surface area contributed by atoms with Gasteiger partial charge in [0.1, 0.15) is 12.4 Å². The SMILES string of the molecule is CS(=O)(=O)Nc1cccc(N2CCN(CCCCN)CC2)c1.O=C(O)C1=Cc2cc(Cl)ccc2OC1. The van der Waals surface area contributed by atoms with E-state index in [2.05, 4.69) is 14.5 Å². The van der Waals surface area contributed by atoms with Gasteiger partial charge in [-0.15, -0.1) is 0 Å². The number of hydrogen-bond acceptors (Lipinski definition) is 7. The van der Waals surface area contributed by atoms with E-state index in [0.717, 1.165) is 57.8 Å². The van der Waals surface area contributed by atoms with Crippen molar-refractivity contribution in [1.82, 2.24) is 4.90 Å². The number of halogens is 1. The van der Waals surface area contributed by atoms with E-state index >= 15 is 0 Å². The molecule has 0 unspecified atom stereocenters. The molecule has 9 nitrogen and oxygen atoms in total. The van der Waals surface area contributed by atoms with Crippen LogP contribution in [0.1, 0.15) is 18.4 Å². The van der Waals surface area contributed by atoms with Gasteiger partial charge in [0.25, 0.3) is 0 Å². The highest BCUT2D eigenvalue weighted by Crippen LogP contribution is 2.29. The first kappa shape index (κ1) is 27.8. The number of ether oxygens (including phenoxy) is 1. The number of anilines is 2. The van der Waals surface area contributed by atoms with E-state index in [1.54, 1.807) is 30.3 Å². The summed E-state index contributed by atoms with van der Waals surface area (Å²) in [6, 6.07) is 12.7. The van der Waals surface area contributed by atoms with E-state index in [1.807, 2.05) is 18.2 Å². The summed E-state index contributed by atoms with van der Waals surface area (Å²) in [6.07, 6.45) is 4.98. The number of aliphatic carboxylic acids is 1. The molecule has 2 aromatic rings. The number of benzene rings is 2. The van der Waals surface area contributed by atoms with Crippen LogP contribution < -0.4 is 20.1 Å². The molecule has 0 aliphatic carbocycles. The lowest BCUT2D eigenvalue weighted by atomic mass is 10.1. The van der Waals surface area contributed by atoms with Crippen LogP contribution in [0.25, 0.3) is 6.08 Å². The van der Waals surface area contributed by atoms with Gasteiger partial charge in [-0.2, -0.15) is 0 Å². The second kappa shape index (κ2) is 13.0. The molecule has 4 rings (SSSR count). The van der Waals surface area contributed by atoms with Crippen molar-refractivity contribution in [3.05, 3.63) is 58.6 Å². The largest absolute Gasteiger partial charge is 0.488 e. The second-order valence-electron chi connectivity index (χ2n) is 8.69. The highest BCUT2D eigenvalue weighted by molar-refractivity contribution is 7.92. The minimum atomic E-state index is -3.23. The van der Waals surface area contributed by atoms with Gasteiger partial charge in [-0.3, -0.25) is 9.62 Å². The molecule has 0 atom stereocenters. The second-order valence-corrected chi connectivity index (χ2v) is 10.9. The fourth-order valence-corrected chi connectivity index (χ4v) is 4.70. The average Bonchev–Trinajstić information content (AvgIpc) is 2.83. The first-order chi connectivity index (χ1) is 17.1. The number of carboxylic acid groups (broad SMARTS) is 1. The molecular weight excluding hydrogens is 504 g/mol. The lowest BCUT2D eigenvalue weighted by Crippen LogP contribution is -2.46. The maximum Gasteiger partial charge on any atom is 0.335 e. The number of nitrogens with two attached hydrogens (primary N) is 1. The molecule has 2 aliphatic rings. The summed E-state index contributed by atoms with van der Waals surface area (Å²) in [6.45, 7) is 5.98. The van der Waals surface area contributed by atoms with Gasteiger partial charge < -0.3 is 20.5 Å². The number of sulfonamides is 1. The average molecular weight is 537 g/mol. The Morgan fingerprint density at radius 2 is 1.89 bits per heavy atom. The monoisotopic (exact) mass is 536 g/mol. The van der Waals surface area contributed by atoms with Crippen LogP contribution in [0.5, 0.6) is 5.75 Å². The summed E-state index contributed by atoms with van der Waals surface area (Å²) in [5.41, 5.74) is 8.15. The van der Waals surface area contributed by atoms with Crippen LogP contribution in [0.15, 0.2) is 48.0 Å². The fraction of sp³-hybridized carbons (Fsp3) is 0.400. The van der Waals surface area contributed by atoms with E-state index in [4.69, 9.17) is 27.2 Å². The molecular formula is C25H33ClN4O5S. The maximum atomic E-state index is 11.3. The zero-order valence-electron chi connectivity index (χ0n) is 20.3. The van der Waals surface area contributed by atoms with Gasteiger partial charge in [0.2, 0.25) is 10.0 Å². The van der Waals surface area contributed by atoms with E-state index in [0.29, 0.717) is 22.0 Å². The van der Waals surface area contributed by atoms with Crippen LogP contribution in [0.4, 0.5) is 11.4 Å². The lowest BCUT2D eigenvalue weighted by Gasteiger charge is -2.36. The van der Waals surface area contributed by atoms with Gasteiger partial charge in [0.15, 0.2) is 0 Å². The predicted octanol–water partition coefficient (Wildman–Crippen LogP) is 3.12. The van der Waals surface area contributed by atoms with E-state index in [-0.39, 0.29) is 12.2 Å². The van der Waals surface area contributed by atoms with Crippen molar-refractivity contribution >= 4 is 45.0 Å². The summed E-state index contributed by atoms with van der Waals surface area (Å²) in [5, 5.41) is 9.32. The number of fused-ring (bicyclic) bond motifs is 1. The summed E-state index contributed by atoms with van der Waals surface area (Å²) in [7, 11) is -3.23. The van der Waals surface area contributed by atoms with Crippen LogP contribution in [-0.4, -0.2) is 76.5 Å². The van der Waals surface area contributed by atoms with Gasteiger partial charge in [0, 0.05) is 42.5 Å². The van der Waals surface area contributed by atoms with Gasteiger partial charge >= 0.3 is 5.97 Å². The van der Waals surface area contributed by atoms with E-state index < -0.39 is 16.0 Å².